The second-order valence-corrected chi connectivity index (χ2v) is 8.57. The molecule has 6 nitrogen and oxygen atoms in total. The van der Waals surface area contributed by atoms with Gasteiger partial charge in [0.05, 0.1) is 0 Å². The molecular weight excluding hydrogens is 490 g/mol. The molecule has 0 N–H and O–H groups in total. The Morgan fingerprint density at radius 3 is 1.00 bits per heavy atom. The quantitative estimate of drug-likeness (QED) is 0.284. The molecule has 0 aliphatic rings. The minimum Gasteiger partial charge on any atom is -0.739 e. The predicted octanol–water partition coefficient (Wildman–Crippen LogP) is -6.70. The third-order valence-electron chi connectivity index (χ3n) is 0.194. The summed E-state index contributed by atoms with van der Waals surface area (Å²) in [6, 6.07) is 0. The third kappa shape index (κ3) is 20.1. The summed E-state index contributed by atoms with van der Waals surface area (Å²) in [4.78, 5) is 0. The minimum atomic E-state index is -4.71. The average Bonchev–Trinajstić information content (AvgIpc) is 1.57. The van der Waals surface area contributed by atoms with Crippen LogP contribution in [0.15, 0.2) is 0 Å². The van der Waals surface area contributed by atoms with Crippen LogP contribution < -0.4 is 138 Å². The van der Waals surface area contributed by atoms with Crippen LogP contribution in [-0.2, 0) is 18.3 Å². The van der Waals surface area contributed by atoms with E-state index in [1.807, 2.05) is 0 Å². The van der Waals surface area contributed by atoms with Crippen molar-refractivity contribution < 1.29 is 164 Å². The van der Waals surface area contributed by atoms with E-state index in [9.17, 15) is 25.9 Å². The molecule has 12 heteroatoms. The van der Waals surface area contributed by atoms with Crippen molar-refractivity contribution >= 4 is 38.0 Å². The van der Waals surface area contributed by atoms with E-state index in [0.29, 0.717) is 0 Å². The molecular formula is Cs2O6S4. The summed E-state index contributed by atoms with van der Waals surface area (Å²) >= 11 is 0. The van der Waals surface area contributed by atoms with Crippen LogP contribution in [0.3, 0.4) is 0 Å². The van der Waals surface area contributed by atoms with E-state index in [4.69, 9.17) is 0 Å². The van der Waals surface area contributed by atoms with E-state index >= 15 is 0 Å². The van der Waals surface area contributed by atoms with Crippen LogP contribution in [0.2, 0.25) is 0 Å². The Labute approximate surface area is 195 Å². The molecule has 0 radical (unpaired) electrons. The first-order valence-corrected chi connectivity index (χ1v) is 7.50. The van der Waals surface area contributed by atoms with Gasteiger partial charge in [0.2, 0.25) is 0 Å². The summed E-state index contributed by atoms with van der Waals surface area (Å²) in [6.45, 7) is 0. The zero-order valence-electron chi connectivity index (χ0n) is 6.08. The number of rotatable bonds is 3. The van der Waals surface area contributed by atoms with E-state index in [0.717, 1.165) is 0 Å². The molecule has 0 saturated heterocycles. The Morgan fingerprint density at radius 1 is 0.750 bits per heavy atom. The smallest absolute Gasteiger partial charge is 0.739 e. The van der Waals surface area contributed by atoms with Gasteiger partial charge < -0.3 is 9.11 Å². The molecule has 0 atom stereocenters. The SMILES string of the molecule is O=S(=O)([O-])SSS(=O)(=O)[O-].[Cs+].[Cs+]. The van der Waals surface area contributed by atoms with E-state index in [1.54, 1.807) is 0 Å². The molecule has 0 aromatic carbocycles. The molecule has 12 heavy (non-hydrogen) atoms. The second-order valence-electron chi connectivity index (χ2n) is 0.953. The van der Waals surface area contributed by atoms with Crippen LogP contribution in [-0.4, -0.2) is 25.9 Å². The van der Waals surface area contributed by atoms with Crippen molar-refractivity contribution in [2.24, 2.45) is 0 Å². The van der Waals surface area contributed by atoms with Gasteiger partial charge in [0.1, 0.15) is 0 Å². The first-order chi connectivity index (χ1) is 4.21. The summed E-state index contributed by atoms with van der Waals surface area (Å²) in [5, 5.41) is 0. The molecule has 0 fully saturated rings. The maximum Gasteiger partial charge on any atom is 1.00 e. The Bertz CT molecular complexity index is 254. The van der Waals surface area contributed by atoms with Crippen LogP contribution in [0.25, 0.3) is 0 Å². The molecule has 0 saturated carbocycles. The van der Waals surface area contributed by atoms with Gasteiger partial charge in [-0.2, -0.15) is 0 Å². The van der Waals surface area contributed by atoms with Crippen molar-refractivity contribution in [2.75, 3.05) is 0 Å². The maximum atomic E-state index is 9.66. The summed E-state index contributed by atoms with van der Waals surface area (Å²) in [6.07, 6.45) is 0. The minimum absolute atomic E-state index is 0. The van der Waals surface area contributed by atoms with Gasteiger partial charge in [-0.25, -0.2) is 16.8 Å². The Morgan fingerprint density at radius 2 is 0.917 bits per heavy atom. The van der Waals surface area contributed by atoms with Gasteiger partial charge in [0.25, 0.3) is 0 Å². The van der Waals surface area contributed by atoms with Crippen LogP contribution >= 0.6 is 19.7 Å². The topological polar surface area (TPSA) is 114 Å². The van der Waals surface area contributed by atoms with Gasteiger partial charge >= 0.3 is 138 Å². The van der Waals surface area contributed by atoms with Crippen LogP contribution in [0.1, 0.15) is 0 Å². The standard InChI is InChI=1S/2Cs.H2O6S4/c;;1-9(2,3)7-8-10(4,5)6/h;;(H,1,2,3)(H,4,5,6)/q2*+1;/p-2. The number of hydrogen-bond acceptors (Lipinski definition) is 8. The van der Waals surface area contributed by atoms with Crippen molar-refractivity contribution in [2.45, 2.75) is 0 Å². The first-order valence-electron chi connectivity index (χ1n) is 1.50. The van der Waals surface area contributed by atoms with Crippen LogP contribution in [0, 0.1) is 0 Å². The number of hydrogen-bond donors (Lipinski definition) is 0. The van der Waals surface area contributed by atoms with E-state index in [2.05, 4.69) is 0 Å². The van der Waals surface area contributed by atoms with Gasteiger partial charge in [-0.05, 0) is 0 Å². The summed E-state index contributed by atoms with van der Waals surface area (Å²) in [5.41, 5.74) is 0. The second kappa shape index (κ2) is 9.63. The van der Waals surface area contributed by atoms with Gasteiger partial charge in [0.15, 0.2) is 18.3 Å². The summed E-state index contributed by atoms with van der Waals surface area (Å²) in [7, 11) is -10.5. The molecule has 0 aromatic rings. The Balaban J connectivity index is -0.000000405. The van der Waals surface area contributed by atoms with E-state index in [-0.39, 0.29) is 138 Å². The molecule has 62 valence electrons. The largest absolute Gasteiger partial charge is 1.00 e. The molecule has 0 amide bonds. The molecule has 0 aliphatic heterocycles. The van der Waals surface area contributed by atoms with E-state index in [1.165, 1.54) is 0 Å². The molecule has 0 aromatic heterocycles. The van der Waals surface area contributed by atoms with Gasteiger partial charge in [0, 0.05) is 19.7 Å². The van der Waals surface area contributed by atoms with Crippen molar-refractivity contribution in [3.63, 3.8) is 0 Å². The fraction of sp³-hybridized carbons (Fsp3) is 0. The molecule has 0 unspecified atom stereocenters. The monoisotopic (exact) mass is 490 g/mol. The van der Waals surface area contributed by atoms with Crippen molar-refractivity contribution in [1.29, 1.82) is 0 Å². The summed E-state index contributed by atoms with van der Waals surface area (Å²) in [5.74, 6) is 0. The van der Waals surface area contributed by atoms with Gasteiger partial charge in [-0.1, -0.05) is 0 Å². The first kappa shape index (κ1) is 21.9. The Kier molecular flexibility index (Phi) is 17.6. The molecule has 0 spiro atoms. The normalized spacial score (nSPS) is 11.2. The zero-order chi connectivity index (χ0) is 8.41. The van der Waals surface area contributed by atoms with Crippen molar-refractivity contribution in [3.05, 3.63) is 0 Å². The maximum absolute atomic E-state index is 9.66. The Hall–Kier alpha value is 4.62. The third-order valence-corrected chi connectivity index (χ3v) is 6.75. The van der Waals surface area contributed by atoms with Crippen molar-refractivity contribution in [1.82, 2.24) is 0 Å². The van der Waals surface area contributed by atoms with Gasteiger partial charge in [-0.3, -0.25) is 0 Å². The predicted molar refractivity (Wildman–Crippen MR) is 34.6 cm³/mol. The fourth-order valence-electron chi connectivity index (χ4n) is 0.0680. The molecule has 0 bridgehead atoms. The average molecular weight is 490 g/mol. The zero-order valence-corrected chi connectivity index (χ0v) is 21.9. The molecule has 0 rings (SSSR count). The fourth-order valence-corrected chi connectivity index (χ4v) is 5.51. The van der Waals surface area contributed by atoms with Crippen LogP contribution in [0.4, 0.5) is 0 Å². The summed E-state index contributed by atoms with van der Waals surface area (Å²) < 4.78 is 58.0. The van der Waals surface area contributed by atoms with E-state index < -0.39 is 38.0 Å². The van der Waals surface area contributed by atoms with Crippen molar-refractivity contribution in [3.8, 4) is 0 Å². The molecule has 0 heterocycles. The van der Waals surface area contributed by atoms with Crippen LogP contribution in [0.5, 0.6) is 0 Å². The molecule has 0 aliphatic carbocycles. The van der Waals surface area contributed by atoms with Gasteiger partial charge in [-0.15, -0.1) is 0 Å².